The van der Waals surface area contributed by atoms with Crippen molar-refractivity contribution in [2.24, 2.45) is 0 Å². The fourth-order valence-corrected chi connectivity index (χ4v) is 3.35. The summed E-state index contributed by atoms with van der Waals surface area (Å²) in [5.41, 5.74) is 2.75. The highest BCUT2D eigenvalue weighted by atomic mass is 35.5. The van der Waals surface area contributed by atoms with E-state index in [1.807, 2.05) is 18.2 Å². The number of anilines is 2. The summed E-state index contributed by atoms with van der Waals surface area (Å²) in [6.45, 7) is 0. The molecule has 0 aliphatic carbocycles. The predicted octanol–water partition coefficient (Wildman–Crippen LogP) is 4.27. The van der Waals surface area contributed by atoms with E-state index in [4.69, 9.17) is 16.3 Å². The second-order valence-corrected chi connectivity index (χ2v) is 6.51. The van der Waals surface area contributed by atoms with Gasteiger partial charge < -0.3 is 10.1 Å². The van der Waals surface area contributed by atoms with Gasteiger partial charge in [0.1, 0.15) is 0 Å². The minimum absolute atomic E-state index is 0.402. The zero-order valence-corrected chi connectivity index (χ0v) is 15.1. The number of hydrogen-bond donors (Lipinski definition) is 2. The van der Waals surface area contributed by atoms with Crippen LogP contribution in [0, 0.1) is 0 Å². The van der Waals surface area contributed by atoms with Crippen LogP contribution in [0.25, 0.3) is 22.3 Å². The predicted molar refractivity (Wildman–Crippen MR) is 101 cm³/mol. The molecule has 130 valence electrons. The number of methoxy groups -OCH3 is 1. The van der Waals surface area contributed by atoms with E-state index in [9.17, 15) is 4.79 Å². The molecule has 4 rings (SSSR count). The maximum Gasteiger partial charge on any atom is 0.337 e. The zero-order chi connectivity index (χ0) is 18.1. The van der Waals surface area contributed by atoms with Crippen molar-refractivity contribution in [3.8, 4) is 11.4 Å². The van der Waals surface area contributed by atoms with Gasteiger partial charge in [-0.1, -0.05) is 23.7 Å². The second-order valence-electron chi connectivity index (χ2n) is 5.38. The fourth-order valence-electron chi connectivity index (χ4n) is 2.49. The number of aromatic amines is 1. The number of aromatic nitrogens is 4. The second kappa shape index (κ2) is 6.74. The van der Waals surface area contributed by atoms with Crippen molar-refractivity contribution in [1.82, 2.24) is 19.6 Å². The summed E-state index contributed by atoms with van der Waals surface area (Å²) in [6, 6.07) is 10.7. The normalized spacial score (nSPS) is 10.8. The average molecular weight is 386 g/mol. The first-order valence-corrected chi connectivity index (χ1v) is 8.72. The number of fused-ring (bicyclic) bond motifs is 1. The molecule has 9 heteroatoms. The minimum atomic E-state index is -0.402. The molecule has 0 saturated heterocycles. The standard InChI is InChI=1S/C17H12ClN5O2S/c1-25-16(24)10-4-2-3-9(7-10)15-21-17(26-23-15)20-13-6-5-12-11(14(13)18)8-19-22-12/h2-8H,1H3,(H,19,22)(H,20,21,23). The van der Waals surface area contributed by atoms with Gasteiger partial charge in [-0.3, -0.25) is 5.10 Å². The van der Waals surface area contributed by atoms with Gasteiger partial charge in [-0.15, -0.1) is 0 Å². The topological polar surface area (TPSA) is 92.8 Å². The maximum absolute atomic E-state index is 11.7. The summed E-state index contributed by atoms with van der Waals surface area (Å²) in [4.78, 5) is 16.1. The number of nitrogens with one attached hydrogen (secondary N) is 2. The van der Waals surface area contributed by atoms with Crippen LogP contribution in [0.5, 0.6) is 0 Å². The molecule has 2 aromatic heterocycles. The molecular formula is C17H12ClN5O2S. The monoisotopic (exact) mass is 385 g/mol. The van der Waals surface area contributed by atoms with E-state index in [-0.39, 0.29) is 0 Å². The van der Waals surface area contributed by atoms with Gasteiger partial charge in [-0.25, -0.2) is 4.79 Å². The van der Waals surface area contributed by atoms with E-state index in [0.29, 0.717) is 27.2 Å². The molecule has 0 atom stereocenters. The first kappa shape index (κ1) is 16.5. The lowest BCUT2D eigenvalue weighted by Gasteiger charge is -2.05. The number of carbonyl (C=O) groups is 1. The van der Waals surface area contributed by atoms with Crippen molar-refractivity contribution in [2.75, 3.05) is 12.4 Å². The average Bonchev–Trinajstić information content (AvgIpc) is 3.33. The molecule has 0 fully saturated rings. The Morgan fingerprint density at radius 1 is 1.31 bits per heavy atom. The molecule has 26 heavy (non-hydrogen) atoms. The lowest BCUT2D eigenvalue weighted by Crippen LogP contribution is -2.00. The van der Waals surface area contributed by atoms with Crippen LogP contribution in [-0.4, -0.2) is 32.6 Å². The number of ether oxygens (including phenoxy) is 1. The molecule has 2 N–H and O–H groups in total. The number of esters is 1. The highest BCUT2D eigenvalue weighted by Gasteiger charge is 2.13. The summed E-state index contributed by atoms with van der Waals surface area (Å²) < 4.78 is 9.09. The molecule has 2 aromatic carbocycles. The Bertz CT molecular complexity index is 1110. The first-order valence-electron chi connectivity index (χ1n) is 7.57. The van der Waals surface area contributed by atoms with Gasteiger partial charge in [0.05, 0.1) is 35.1 Å². The summed E-state index contributed by atoms with van der Waals surface area (Å²) >= 11 is 7.62. The van der Waals surface area contributed by atoms with Gasteiger partial charge >= 0.3 is 5.97 Å². The molecule has 4 aromatic rings. The fraction of sp³-hybridized carbons (Fsp3) is 0.0588. The van der Waals surface area contributed by atoms with Crippen LogP contribution in [0.15, 0.2) is 42.6 Å². The molecule has 0 unspecified atom stereocenters. The number of H-pyrrole nitrogens is 1. The van der Waals surface area contributed by atoms with Gasteiger partial charge in [-0.05, 0) is 24.3 Å². The number of benzene rings is 2. The molecule has 0 aliphatic rings. The lowest BCUT2D eigenvalue weighted by molar-refractivity contribution is 0.0601. The smallest absolute Gasteiger partial charge is 0.337 e. The van der Waals surface area contributed by atoms with E-state index in [1.165, 1.54) is 18.6 Å². The third kappa shape index (κ3) is 3.00. The van der Waals surface area contributed by atoms with Crippen LogP contribution in [0.2, 0.25) is 5.02 Å². The highest BCUT2D eigenvalue weighted by molar-refractivity contribution is 7.10. The molecule has 0 radical (unpaired) electrons. The van der Waals surface area contributed by atoms with Crippen molar-refractivity contribution in [2.45, 2.75) is 0 Å². The van der Waals surface area contributed by atoms with Crippen molar-refractivity contribution < 1.29 is 9.53 Å². The Hall–Kier alpha value is -2.97. The summed E-state index contributed by atoms with van der Waals surface area (Å²) in [6.07, 6.45) is 1.67. The third-order valence-corrected chi connectivity index (χ3v) is 4.81. The number of hydrogen-bond acceptors (Lipinski definition) is 7. The van der Waals surface area contributed by atoms with Gasteiger partial charge in [0.25, 0.3) is 0 Å². The van der Waals surface area contributed by atoms with Gasteiger partial charge in [-0.2, -0.15) is 14.5 Å². The van der Waals surface area contributed by atoms with E-state index < -0.39 is 5.97 Å². The molecule has 0 amide bonds. The molecule has 0 bridgehead atoms. The quantitative estimate of drug-likeness (QED) is 0.510. The molecular weight excluding hydrogens is 374 g/mol. The molecule has 2 heterocycles. The van der Waals surface area contributed by atoms with Crippen LogP contribution < -0.4 is 5.32 Å². The third-order valence-electron chi connectivity index (χ3n) is 3.77. The molecule has 0 aliphatic heterocycles. The van der Waals surface area contributed by atoms with Crippen molar-refractivity contribution in [3.63, 3.8) is 0 Å². The van der Waals surface area contributed by atoms with Crippen molar-refractivity contribution >= 4 is 50.8 Å². The van der Waals surface area contributed by atoms with Gasteiger partial charge in [0.15, 0.2) is 5.82 Å². The van der Waals surface area contributed by atoms with Crippen molar-refractivity contribution in [3.05, 3.63) is 53.2 Å². The molecule has 7 nitrogen and oxygen atoms in total. The minimum Gasteiger partial charge on any atom is -0.465 e. The Labute approximate surface area is 157 Å². The van der Waals surface area contributed by atoms with E-state index in [1.54, 1.807) is 24.4 Å². The lowest BCUT2D eigenvalue weighted by atomic mass is 10.1. The zero-order valence-electron chi connectivity index (χ0n) is 13.5. The van der Waals surface area contributed by atoms with Crippen LogP contribution in [0.4, 0.5) is 10.8 Å². The van der Waals surface area contributed by atoms with Crippen LogP contribution in [0.3, 0.4) is 0 Å². The largest absolute Gasteiger partial charge is 0.465 e. The number of carbonyl (C=O) groups excluding carboxylic acids is 1. The maximum atomic E-state index is 11.7. The summed E-state index contributed by atoms with van der Waals surface area (Å²) in [5.74, 6) is 0.115. The van der Waals surface area contributed by atoms with E-state index in [0.717, 1.165) is 16.5 Å². The Kier molecular flexibility index (Phi) is 4.27. The van der Waals surface area contributed by atoms with Crippen LogP contribution in [-0.2, 0) is 4.74 Å². The molecule has 0 saturated carbocycles. The molecule has 0 spiro atoms. The Morgan fingerprint density at radius 2 is 2.19 bits per heavy atom. The Balaban J connectivity index is 1.62. The van der Waals surface area contributed by atoms with Gasteiger partial charge in [0, 0.05) is 22.5 Å². The van der Waals surface area contributed by atoms with Crippen molar-refractivity contribution in [1.29, 1.82) is 0 Å². The SMILES string of the molecule is COC(=O)c1cccc(-c2nsc(Nc3ccc4[nH]ncc4c3Cl)n2)c1. The Morgan fingerprint density at radius 3 is 3.04 bits per heavy atom. The number of nitrogens with zero attached hydrogens (tertiary/aromatic N) is 3. The van der Waals surface area contributed by atoms with Crippen LogP contribution in [0.1, 0.15) is 10.4 Å². The summed E-state index contributed by atoms with van der Waals surface area (Å²) in [5, 5.41) is 12.0. The highest BCUT2D eigenvalue weighted by Crippen LogP contribution is 2.33. The number of halogens is 1. The van der Waals surface area contributed by atoms with E-state index in [2.05, 4.69) is 24.9 Å². The van der Waals surface area contributed by atoms with Crippen LogP contribution >= 0.6 is 23.1 Å². The number of rotatable bonds is 4. The summed E-state index contributed by atoms with van der Waals surface area (Å²) in [7, 11) is 1.35. The van der Waals surface area contributed by atoms with Gasteiger partial charge in [0.2, 0.25) is 5.13 Å². The first-order chi connectivity index (χ1) is 12.7. The van der Waals surface area contributed by atoms with E-state index >= 15 is 0 Å².